The van der Waals surface area contributed by atoms with Crippen molar-refractivity contribution >= 4 is 32.8 Å². The standard InChI is InChI=1S/C14H15BrN2O2/c1-9(14(18)19)17(2)8-10-5-6-12(15)11-4-3-7-16-13(10)11/h3-7,9H,8H2,1-2H3,(H,18,19). The van der Waals surface area contributed by atoms with Crippen molar-refractivity contribution in [1.82, 2.24) is 9.88 Å². The fourth-order valence-electron chi connectivity index (χ4n) is 1.92. The molecule has 0 aliphatic rings. The Morgan fingerprint density at radius 2 is 2.21 bits per heavy atom. The summed E-state index contributed by atoms with van der Waals surface area (Å²) in [6.07, 6.45) is 1.75. The van der Waals surface area contributed by atoms with Crippen LogP contribution in [0.15, 0.2) is 34.9 Å². The number of halogens is 1. The summed E-state index contributed by atoms with van der Waals surface area (Å²) in [5.41, 5.74) is 1.93. The van der Waals surface area contributed by atoms with Crippen LogP contribution in [-0.2, 0) is 11.3 Å². The maximum absolute atomic E-state index is 11.0. The number of carboxylic acids is 1. The van der Waals surface area contributed by atoms with Gasteiger partial charge in [0.2, 0.25) is 0 Å². The zero-order chi connectivity index (χ0) is 14.0. The molecule has 0 saturated heterocycles. The van der Waals surface area contributed by atoms with Crippen LogP contribution in [0.4, 0.5) is 0 Å². The van der Waals surface area contributed by atoms with Crippen LogP contribution >= 0.6 is 15.9 Å². The molecule has 100 valence electrons. The molecule has 0 amide bonds. The molecule has 2 aromatic rings. The summed E-state index contributed by atoms with van der Waals surface area (Å²) in [4.78, 5) is 17.2. The summed E-state index contributed by atoms with van der Waals surface area (Å²) in [6, 6.07) is 7.31. The molecular weight excluding hydrogens is 308 g/mol. The average molecular weight is 323 g/mol. The van der Waals surface area contributed by atoms with E-state index in [2.05, 4.69) is 20.9 Å². The van der Waals surface area contributed by atoms with Crippen molar-refractivity contribution in [3.05, 3.63) is 40.5 Å². The zero-order valence-electron chi connectivity index (χ0n) is 10.8. The molecule has 0 aliphatic carbocycles. The number of carboxylic acid groups (broad SMARTS) is 1. The van der Waals surface area contributed by atoms with E-state index in [-0.39, 0.29) is 0 Å². The molecule has 1 unspecified atom stereocenters. The van der Waals surface area contributed by atoms with Gasteiger partial charge in [0.05, 0.1) is 5.52 Å². The lowest BCUT2D eigenvalue weighted by Crippen LogP contribution is -2.35. The van der Waals surface area contributed by atoms with Crippen molar-refractivity contribution in [3.8, 4) is 0 Å². The van der Waals surface area contributed by atoms with Gasteiger partial charge >= 0.3 is 5.97 Å². The average Bonchev–Trinajstić information content (AvgIpc) is 2.41. The minimum atomic E-state index is -0.822. The number of hydrogen-bond acceptors (Lipinski definition) is 3. The quantitative estimate of drug-likeness (QED) is 0.940. The molecule has 0 radical (unpaired) electrons. The second-order valence-electron chi connectivity index (χ2n) is 4.54. The van der Waals surface area contributed by atoms with Crippen molar-refractivity contribution in [2.45, 2.75) is 19.5 Å². The highest BCUT2D eigenvalue weighted by molar-refractivity contribution is 9.10. The van der Waals surface area contributed by atoms with Gasteiger partial charge in [0, 0.05) is 22.6 Å². The predicted molar refractivity (Wildman–Crippen MR) is 78.0 cm³/mol. The number of nitrogens with zero attached hydrogens (tertiary/aromatic N) is 2. The summed E-state index contributed by atoms with van der Waals surface area (Å²) in [7, 11) is 1.80. The Kier molecular flexibility index (Phi) is 4.17. The number of pyridine rings is 1. The molecular formula is C14H15BrN2O2. The molecule has 2 rings (SSSR count). The Hall–Kier alpha value is -1.46. The number of benzene rings is 1. The van der Waals surface area contributed by atoms with Gasteiger partial charge in [-0.2, -0.15) is 0 Å². The molecule has 0 saturated carbocycles. The van der Waals surface area contributed by atoms with Gasteiger partial charge in [-0.05, 0) is 31.7 Å². The Bertz CT molecular complexity index is 615. The number of fused-ring (bicyclic) bond motifs is 1. The van der Waals surface area contributed by atoms with E-state index in [1.54, 1.807) is 25.1 Å². The number of aliphatic carboxylic acids is 1. The topological polar surface area (TPSA) is 53.4 Å². The zero-order valence-corrected chi connectivity index (χ0v) is 12.4. The third-order valence-electron chi connectivity index (χ3n) is 3.24. The van der Waals surface area contributed by atoms with E-state index in [0.717, 1.165) is 20.9 Å². The highest BCUT2D eigenvalue weighted by atomic mass is 79.9. The Morgan fingerprint density at radius 1 is 1.47 bits per heavy atom. The molecule has 1 aromatic carbocycles. The van der Waals surface area contributed by atoms with E-state index >= 15 is 0 Å². The SMILES string of the molecule is CC(C(=O)O)N(C)Cc1ccc(Br)c2cccnc12. The molecule has 19 heavy (non-hydrogen) atoms. The number of aromatic nitrogens is 1. The van der Waals surface area contributed by atoms with Gasteiger partial charge in [0.1, 0.15) is 6.04 Å². The molecule has 0 bridgehead atoms. The van der Waals surface area contributed by atoms with Crippen LogP contribution in [-0.4, -0.2) is 34.0 Å². The largest absolute Gasteiger partial charge is 0.480 e. The summed E-state index contributed by atoms with van der Waals surface area (Å²) < 4.78 is 0.994. The van der Waals surface area contributed by atoms with Gasteiger partial charge in [0.25, 0.3) is 0 Å². The third-order valence-corrected chi connectivity index (χ3v) is 3.93. The van der Waals surface area contributed by atoms with E-state index in [0.29, 0.717) is 6.54 Å². The van der Waals surface area contributed by atoms with Crippen molar-refractivity contribution < 1.29 is 9.90 Å². The van der Waals surface area contributed by atoms with Crippen molar-refractivity contribution in [1.29, 1.82) is 0 Å². The second kappa shape index (κ2) is 5.67. The molecule has 0 fully saturated rings. The van der Waals surface area contributed by atoms with Gasteiger partial charge in [-0.3, -0.25) is 14.7 Å². The van der Waals surface area contributed by atoms with Gasteiger partial charge in [-0.1, -0.05) is 28.1 Å². The second-order valence-corrected chi connectivity index (χ2v) is 5.39. The molecule has 4 nitrogen and oxygen atoms in total. The highest BCUT2D eigenvalue weighted by Crippen LogP contribution is 2.26. The fraction of sp³-hybridized carbons (Fsp3) is 0.286. The van der Waals surface area contributed by atoms with Crippen LogP contribution in [0.3, 0.4) is 0 Å². The molecule has 5 heteroatoms. The maximum atomic E-state index is 11.0. The number of hydrogen-bond donors (Lipinski definition) is 1. The van der Waals surface area contributed by atoms with Crippen molar-refractivity contribution in [2.24, 2.45) is 0 Å². The summed E-state index contributed by atoms with van der Waals surface area (Å²) >= 11 is 3.50. The van der Waals surface area contributed by atoms with E-state index < -0.39 is 12.0 Å². The first-order valence-corrected chi connectivity index (χ1v) is 6.75. The Morgan fingerprint density at radius 3 is 2.89 bits per heavy atom. The predicted octanol–water partition coefficient (Wildman–Crippen LogP) is 2.90. The van der Waals surface area contributed by atoms with Crippen molar-refractivity contribution in [3.63, 3.8) is 0 Å². The smallest absolute Gasteiger partial charge is 0.320 e. The highest BCUT2D eigenvalue weighted by Gasteiger charge is 2.18. The lowest BCUT2D eigenvalue weighted by molar-refractivity contribution is -0.142. The van der Waals surface area contributed by atoms with E-state index in [9.17, 15) is 4.79 Å². The summed E-state index contributed by atoms with van der Waals surface area (Å²) in [6.45, 7) is 2.23. The Labute approximate surface area is 120 Å². The number of carbonyl (C=O) groups is 1. The first kappa shape index (κ1) is 14.0. The fourth-order valence-corrected chi connectivity index (χ4v) is 2.37. The molecule has 1 N–H and O–H groups in total. The first-order valence-electron chi connectivity index (χ1n) is 5.96. The number of rotatable bonds is 4. The molecule has 0 spiro atoms. The molecule has 1 heterocycles. The van der Waals surface area contributed by atoms with Gasteiger partial charge in [0.15, 0.2) is 0 Å². The van der Waals surface area contributed by atoms with Crippen molar-refractivity contribution in [2.75, 3.05) is 7.05 Å². The van der Waals surface area contributed by atoms with Gasteiger partial charge in [-0.15, -0.1) is 0 Å². The van der Waals surface area contributed by atoms with E-state index in [4.69, 9.17) is 5.11 Å². The summed E-state index contributed by atoms with van der Waals surface area (Å²) in [5, 5.41) is 10.1. The van der Waals surface area contributed by atoms with Gasteiger partial charge in [-0.25, -0.2) is 0 Å². The maximum Gasteiger partial charge on any atom is 0.320 e. The normalized spacial score (nSPS) is 12.8. The third kappa shape index (κ3) is 2.93. The monoisotopic (exact) mass is 322 g/mol. The molecule has 1 atom stereocenters. The van der Waals surface area contributed by atoms with E-state index in [1.807, 2.05) is 24.3 Å². The van der Waals surface area contributed by atoms with E-state index in [1.165, 1.54) is 0 Å². The minimum absolute atomic E-state index is 0.526. The first-order chi connectivity index (χ1) is 9.00. The lowest BCUT2D eigenvalue weighted by Gasteiger charge is -2.21. The van der Waals surface area contributed by atoms with Crippen LogP contribution in [0.1, 0.15) is 12.5 Å². The molecule has 1 aromatic heterocycles. The van der Waals surface area contributed by atoms with Crippen LogP contribution in [0, 0.1) is 0 Å². The minimum Gasteiger partial charge on any atom is -0.480 e. The molecule has 0 aliphatic heterocycles. The van der Waals surface area contributed by atoms with Crippen LogP contribution in [0.25, 0.3) is 10.9 Å². The lowest BCUT2D eigenvalue weighted by atomic mass is 10.1. The Balaban J connectivity index is 2.36. The van der Waals surface area contributed by atoms with Crippen LogP contribution < -0.4 is 0 Å². The van der Waals surface area contributed by atoms with Gasteiger partial charge < -0.3 is 5.11 Å². The number of likely N-dealkylation sites (N-methyl/N-ethyl adjacent to an activating group) is 1. The van der Waals surface area contributed by atoms with Crippen LogP contribution in [0.5, 0.6) is 0 Å². The van der Waals surface area contributed by atoms with Crippen LogP contribution in [0.2, 0.25) is 0 Å². The summed E-state index contributed by atoms with van der Waals surface area (Å²) in [5.74, 6) is -0.822.